The first-order chi connectivity index (χ1) is 11.3. The Hall–Kier alpha value is -2.65. The number of anilines is 1. The van der Waals surface area contributed by atoms with E-state index in [4.69, 9.17) is 10.00 Å². The number of rotatable bonds is 4. The van der Waals surface area contributed by atoms with Gasteiger partial charge in [-0.15, -0.1) is 0 Å². The molecular weight excluding hydrogens is 290 g/mol. The zero-order valence-corrected chi connectivity index (χ0v) is 13.1. The number of ether oxygens (including phenoxy) is 1. The molecule has 0 saturated carbocycles. The van der Waals surface area contributed by atoms with Crippen molar-refractivity contribution in [2.24, 2.45) is 0 Å². The van der Waals surface area contributed by atoms with Crippen LogP contribution in [0.4, 0.5) is 5.82 Å². The summed E-state index contributed by atoms with van der Waals surface area (Å²) in [6.45, 7) is 4.72. The highest BCUT2D eigenvalue weighted by Gasteiger charge is 2.18. The predicted molar refractivity (Wildman–Crippen MR) is 87.2 cm³/mol. The molecule has 0 aliphatic carbocycles. The number of methoxy groups -OCH3 is 1. The quantitative estimate of drug-likeness (QED) is 0.856. The van der Waals surface area contributed by atoms with Crippen LogP contribution in [0.25, 0.3) is 0 Å². The van der Waals surface area contributed by atoms with Crippen molar-refractivity contribution in [1.29, 1.82) is 5.26 Å². The third-order valence-electron chi connectivity index (χ3n) is 4.02. The smallest absolute Gasteiger partial charge is 0.218 e. The third-order valence-corrected chi connectivity index (χ3v) is 4.02. The van der Waals surface area contributed by atoms with Crippen LogP contribution in [0.5, 0.6) is 5.88 Å². The number of nitrogens with zero attached hydrogens (tertiary/aromatic N) is 5. The zero-order valence-electron chi connectivity index (χ0n) is 13.1. The van der Waals surface area contributed by atoms with Gasteiger partial charge in [0, 0.05) is 38.8 Å². The van der Waals surface area contributed by atoms with Crippen LogP contribution < -0.4 is 9.64 Å². The lowest BCUT2D eigenvalue weighted by Gasteiger charge is -2.35. The molecule has 0 atom stereocenters. The maximum atomic E-state index is 8.84. The van der Waals surface area contributed by atoms with Crippen molar-refractivity contribution in [3.63, 3.8) is 0 Å². The Morgan fingerprint density at radius 2 is 1.87 bits per heavy atom. The van der Waals surface area contributed by atoms with E-state index >= 15 is 0 Å². The number of piperazine rings is 1. The minimum Gasteiger partial charge on any atom is -0.481 e. The number of aromatic nitrogens is 2. The van der Waals surface area contributed by atoms with E-state index in [2.05, 4.69) is 25.8 Å². The monoisotopic (exact) mass is 309 g/mol. The van der Waals surface area contributed by atoms with E-state index < -0.39 is 0 Å². The van der Waals surface area contributed by atoms with Gasteiger partial charge < -0.3 is 9.64 Å². The number of hydrogen-bond donors (Lipinski definition) is 0. The van der Waals surface area contributed by atoms with Gasteiger partial charge in [0.25, 0.3) is 0 Å². The van der Waals surface area contributed by atoms with Gasteiger partial charge in [0.05, 0.1) is 18.7 Å². The van der Waals surface area contributed by atoms with Gasteiger partial charge in [-0.3, -0.25) is 4.90 Å². The Bertz CT molecular complexity index is 687. The highest BCUT2D eigenvalue weighted by molar-refractivity contribution is 5.41. The first-order valence-corrected chi connectivity index (χ1v) is 7.61. The Kier molecular flexibility index (Phi) is 4.69. The second kappa shape index (κ2) is 7.07. The molecule has 0 amide bonds. The van der Waals surface area contributed by atoms with Crippen molar-refractivity contribution in [2.75, 3.05) is 38.2 Å². The molecule has 1 aliphatic heterocycles. The SMILES string of the molecule is COc1cc(N2CCN(Cc3ccc(C#N)cc3)CC2)ncn1. The summed E-state index contributed by atoms with van der Waals surface area (Å²) >= 11 is 0. The molecule has 6 heteroatoms. The Balaban J connectivity index is 1.56. The molecule has 1 fully saturated rings. The molecule has 1 aliphatic rings. The summed E-state index contributed by atoms with van der Waals surface area (Å²) in [7, 11) is 1.61. The molecule has 118 valence electrons. The summed E-state index contributed by atoms with van der Waals surface area (Å²) in [6, 6.07) is 11.8. The van der Waals surface area contributed by atoms with Crippen LogP contribution in [-0.4, -0.2) is 48.2 Å². The Labute approximate surface area is 136 Å². The van der Waals surface area contributed by atoms with Crippen molar-refractivity contribution in [1.82, 2.24) is 14.9 Å². The highest BCUT2D eigenvalue weighted by Crippen LogP contribution is 2.18. The molecule has 23 heavy (non-hydrogen) atoms. The van der Waals surface area contributed by atoms with E-state index in [9.17, 15) is 0 Å². The second-order valence-corrected chi connectivity index (χ2v) is 5.49. The summed E-state index contributed by atoms with van der Waals surface area (Å²) < 4.78 is 5.15. The lowest BCUT2D eigenvalue weighted by molar-refractivity contribution is 0.249. The molecule has 1 aromatic heterocycles. The van der Waals surface area contributed by atoms with Gasteiger partial charge in [-0.05, 0) is 17.7 Å². The van der Waals surface area contributed by atoms with Crippen molar-refractivity contribution < 1.29 is 4.74 Å². The number of nitriles is 1. The number of benzene rings is 1. The maximum absolute atomic E-state index is 8.84. The summed E-state index contributed by atoms with van der Waals surface area (Å²) in [5.41, 5.74) is 1.94. The van der Waals surface area contributed by atoms with Crippen LogP contribution in [0, 0.1) is 11.3 Å². The van der Waals surface area contributed by atoms with Crippen molar-refractivity contribution in [2.45, 2.75) is 6.54 Å². The van der Waals surface area contributed by atoms with E-state index in [0.717, 1.165) is 38.5 Å². The van der Waals surface area contributed by atoms with Gasteiger partial charge in [0.15, 0.2) is 0 Å². The van der Waals surface area contributed by atoms with Gasteiger partial charge in [-0.1, -0.05) is 12.1 Å². The van der Waals surface area contributed by atoms with Gasteiger partial charge in [-0.2, -0.15) is 5.26 Å². The van der Waals surface area contributed by atoms with E-state index in [0.29, 0.717) is 11.4 Å². The van der Waals surface area contributed by atoms with Crippen LogP contribution in [0.2, 0.25) is 0 Å². The third kappa shape index (κ3) is 3.76. The molecule has 2 heterocycles. The van der Waals surface area contributed by atoms with E-state index in [1.807, 2.05) is 30.3 Å². The highest BCUT2D eigenvalue weighted by atomic mass is 16.5. The molecule has 3 rings (SSSR count). The fraction of sp³-hybridized carbons (Fsp3) is 0.353. The molecule has 2 aromatic rings. The molecule has 0 N–H and O–H groups in total. The standard InChI is InChI=1S/C17H19N5O/c1-23-17-10-16(19-13-20-17)22-8-6-21(7-9-22)12-15-4-2-14(11-18)3-5-15/h2-5,10,13H,6-9,12H2,1H3. The van der Waals surface area contributed by atoms with E-state index in [1.54, 1.807) is 7.11 Å². The molecule has 0 spiro atoms. The van der Waals surface area contributed by atoms with E-state index in [-0.39, 0.29) is 0 Å². The van der Waals surface area contributed by atoms with Crippen molar-refractivity contribution >= 4 is 5.82 Å². The van der Waals surface area contributed by atoms with Gasteiger partial charge in [0.2, 0.25) is 5.88 Å². The largest absolute Gasteiger partial charge is 0.481 e. The molecule has 1 saturated heterocycles. The zero-order chi connectivity index (χ0) is 16.1. The fourth-order valence-electron chi connectivity index (χ4n) is 2.69. The topological polar surface area (TPSA) is 65.3 Å². The Morgan fingerprint density at radius 1 is 1.13 bits per heavy atom. The van der Waals surface area contributed by atoms with Crippen molar-refractivity contribution in [3.05, 3.63) is 47.8 Å². The van der Waals surface area contributed by atoms with E-state index in [1.165, 1.54) is 11.9 Å². The maximum Gasteiger partial charge on any atom is 0.218 e. The van der Waals surface area contributed by atoms with Gasteiger partial charge >= 0.3 is 0 Å². The molecule has 0 unspecified atom stereocenters. The van der Waals surface area contributed by atoms with Crippen LogP contribution in [0.15, 0.2) is 36.7 Å². The minimum absolute atomic E-state index is 0.593. The minimum atomic E-state index is 0.593. The summed E-state index contributed by atoms with van der Waals surface area (Å²) in [5, 5.41) is 8.84. The first-order valence-electron chi connectivity index (χ1n) is 7.61. The molecule has 1 aromatic carbocycles. The average Bonchev–Trinajstić information content (AvgIpc) is 2.63. The lowest BCUT2D eigenvalue weighted by Crippen LogP contribution is -2.46. The lowest BCUT2D eigenvalue weighted by atomic mass is 10.1. The summed E-state index contributed by atoms with van der Waals surface area (Å²) in [4.78, 5) is 13.0. The van der Waals surface area contributed by atoms with Crippen LogP contribution in [-0.2, 0) is 6.54 Å². The molecule has 0 bridgehead atoms. The predicted octanol–water partition coefficient (Wildman–Crippen LogP) is 1.68. The molecule has 0 radical (unpaired) electrons. The van der Waals surface area contributed by atoms with Crippen molar-refractivity contribution in [3.8, 4) is 11.9 Å². The fourth-order valence-corrected chi connectivity index (χ4v) is 2.69. The van der Waals surface area contributed by atoms with Gasteiger partial charge in [-0.25, -0.2) is 9.97 Å². The summed E-state index contributed by atoms with van der Waals surface area (Å²) in [5.74, 6) is 1.50. The van der Waals surface area contributed by atoms with Crippen LogP contribution in [0.1, 0.15) is 11.1 Å². The normalized spacial score (nSPS) is 15.2. The second-order valence-electron chi connectivity index (χ2n) is 5.49. The van der Waals surface area contributed by atoms with Crippen LogP contribution in [0.3, 0.4) is 0 Å². The first kappa shape index (κ1) is 15.3. The van der Waals surface area contributed by atoms with Gasteiger partial charge in [0.1, 0.15) is 12.1 Å². The molecular formula is C17H19N5O. The number of hydrogen-bond acceptors (Lipinski definition) is 6. The summed E-state index contributed by atoms with van der Waals surface area (Å²) in [6.07, 6.45) is 1.54. The average molecular weight is 309 g/mol. The van der Waals surface area contributed by atoms with Crippen LogP contribution >= 0.6 is 0 Å². The molecule has 6 nitrogen and oxygen atoms in total. The Morgan fingerprint density at radius 3 is 2.52 bits per heavy atom.